The second-order valence-electron chi connectivity index (χ2n) is 5.21. The zero-order valence-electron chi connectivity index (χ0n) is 11.7. The van der Waals surface area contributed by atoms with Crippen LogP contribution in [-0.4, -0.2) is 19.8 Å². The first-order valence-corrected chi connectivity index (χ1v) is 7.16. The Hall–Kier alpha value is -0.860. The van der Waals surface area contributed by atoms with Gasteiger partial charge in [-0.05, 0) is 48.8 Å². The van der Waals surface area contributed by atoms with E-state index < -0.39 is 0 Å². The van der Waals surface area contributed by atoms with Gasteiger partial charge in [0.1, 0.15) is 0 Å². The van der Waals surface area contributed by atoms with Gasteiger partial charge in [-0.1, -0.05) is 25.1 Å². The fourth-order valence-corrected chi connectivity index (χ4v) is 2.31. The fraction of sp³-hybridized carbons (Fsp3) is 0.625. The molecule has 18 heavy (non-hydrogen) atoms. The number of hydrogen-bond acceptors (Lipinski definition) is 2. The Morgan fingerprint density at radius 3 is 2.78 bits per heavy atom. The Morgan fingerprint density at radius 1 is 1.28 bits per heavy atom. The molecule has 2 heteroatoms. The minimum absolute atomic E-state index is 0.784. The average Bonchev–Trinajstić information content (AvgIpc) is 3.21. The number of aryl methyl sites for hydroxylation is 2. The molecule has 0 amide bonds. The number of ether oxygens (including phenoxy) is 1. The second-order valence-corrected chi connectivity index (χ2v) is 5.21. The van der Waals surface area contributed by atoms with Crippen LogP contribution in [0, 0.1) is 0 Å². The summed E-state index contributed by atoms with van der Waals surface area (Å²) >= 11 is 0. The van der Waals surface area contributed by atoms with Crippen LogP contribution in [0.2, 0.25) is 0 Å². The van der Waals surface area contributed by atoms with Gasteiger partial charge in [-0.25, -0.2) is 0 Å². The highest BCUT2D eigenvalue weighted by atomic mass is 16.5. The lowest BCUT2D eigenvalue weighted by Crippen LogP contribution is -2.16. The monoisotopic (exact) mass is 247 g/mol. The standard InChI is InChI=1S/C16H25NO/c1-3-14-7-6-13(5-4-10-18-2)11-15(14)12-17-16-8-9-16/h6-7,11,16-17H,3-5,8-10,12H2,1-2H3. The van der Waals surface area contributed by atoms with Gasteiger partial charge in [-0.3, -0.25) is 0 Å². The van der Waals surface area contributed by atoms with Crippen molar-refractivity contribution in [3.05, 3.63) is 34.9 Å². The first-order valence-electron chi connectivity index (χ1n) is 7.16. The summed E-state index contributed by atoms with van der Waals surface area (Å²) in [5.41, 5.74) is 4.41. The van der Waals surface area contributed by atoms with Crippen molar-refractivity contribution in [3.63, 3.8) is 0 Å². The van der Waals surface area contributed by atoms with Gasteiger partial charge in [0.25, 0.3) is 0 Å². The lowest BCUT2D eigenvalue weighted by atomic mass is 9.99. The fourth-order valence-electron chi connectivity index (χ4n) is 2.31. The van der Waals surface area contributed by atoms with Crippen LogP contribution in [-0.2, 0) is 24.1 Å². The molecule has 1 N–H and O–H groups in total. The molecule has 1 saturated carbocycles. The van der Waals surface area contributed by atoms with E-state index in [2.05, 4.69) is 30.4 Å². The molecule has 0 aromatic heterocycles. The Morgan fingerprint density at radius 2 is 2.11 bits per heavy atom. The smallest absolute Gasteiger partial charge is 0.0465 e. The molecule has 1 aliphatic carbocycles. The van der Waals surface area contributed by atoms with Gasteiger partial charge in [-0.15, -0.1) is 0 Å². The maximum atomic E-state index is 5.11. The molecule has 0 aliphatic heterocycles. The molecule has 1 aliphatic rings. The Labute approximate surface area is 111 Å². The molecule has 0 bridgehead atoms. The summed E-state index contributed by atoms with van der Waals surface area (Å²) in [6, 6.07) is 7.73. The Kier molecular flexibility index (Phi) is 5.21. The lowest BCUT2D eigenvalue weighted by Gasteiger charge is -2.11. The van der Waals surface area contributed by atoms with Crippen molar-refractivity contribution in [1.29, 1.82) is 0 Å². The minimum atomic E-state index is 0.784. The van der Waals surface area contributed by atoms with Crippen molar-refractivity contribution >= 4 is 0 Å². The Bertz CT molecular complexity index is 371. The molecule has 0 heterocycles. The third-order valence-electron chi connectivity index (χ3n) is 3.62. The van der Waals surface area contributed by atoms with E-state index in [9.17, 15) is 0 Å². The molecule has 2 nitrogen and oxygen atoms in total. The van der Waals surface area contributed by atoms with Crippen LogP contribution in [0.25, 0.3) is 0 Å². The van der Waals surface area contributed by atoms with Crippen molar-refractivity contribution in [2.24, 2.45) is 0 Å². The molecule has 0 radical (unpaired) electrons. The molecule has 100 valence electrons. The molecular formula is C16H25NO. The van der Waals surface area contributed by atoms with Gasteiger partial charge in [0.15, 0.2) is 0 Å². The van der Waals surface area contributed by atoms with E-state index in [0.717, 1.165) is 38.5 Å². The first-order chi connectivity index (χ1) is 8.83. The van der Waals surface area contributed by atoms with Gasteiger partial charge < -0.3 is 10.1 Å². The largest absolute Gasteiger partial charge is 0.385 e. The molecule has 1 aromatic rings. The molecular weight excluding hydrogens is 222 g/mol. The van der Waals surface area contributed by atoms with Crippen LogP contribution in [0.1, 0.15) is 42.9 Å². The highest BCUT2D eigenvalue weighted by molar-refractivity contribution is 5.32. The third kappa shape index (κ3) is 4.11. The summed E-state index contributed by atoms with van der Waals surface area (Å²) in [7, 11) is 1.77. The van der Waals surface area contributed by atoms with Crippen molar-refractivity contribution in [2.75, 3.05) is 13.7 Å². The number of nitrogens with one attached hydrogen (secondary N) is 1. The lowest BCUT2D eigenvalue weighted by molar-refractivity contribution is 0.195. The summed E-state index contributed by atoms with van der Waals surface area (Å²) < 4.78 is 5.11. The zero-order valence-corrected chi connectivity index (χ0v) is 11.7. The molecule has 0 saturated heterocycles. The SMILES string of the molecule is CCc1ccc(CCCOC)cc1CNC1CC1. The molecule has 0 atom stereocenters. The second kappa shape index (κ2) is 6.91. The summed E-state index contributed by atoms with van der Waals surface area (Å²) in [6.07, 6.45) is 6.07. The highest BCUT2D eigenvalue weighted by Gasteiger charge is 2.20. The van der Waals surface area contributed by atoms with E-state index in [4.69, 9.17) is 4.74 Å². The van der Waals surface area contributed by atoms with Crippen LogP contribution in [0.5, 0.6) is 0 Å². The van der Waals surface area contributed by atoms with Gasteiger partial charge in [-0.2, -0.15) is 0 Å². The van der Waals surface area contributed by atoms with E-state index in [1.807, 2.05) is 0 Å². The number of benzene rings is 1. The molecule has 1 fully saturated rings. The van der Waals surface area contributed by atoms with Crippen LogP contribution < -0.4 is 5.32 Å². The predicted octanol–water partition coefficient (Wildman–Crippen LogP) is 3.08. The number of rotatable bonds is 8. The van der Waals surface area contributed by atoms with Gasteiger partial charge >= 0.3 is 0 Å². The average molecular weight is 247 g/mol. The summed E-state index contributed by atoms with van der Waals surface area (Å²) in [5.74, 6) is 0. The van der Waals surface area contributed by atoms with Crippen LogP contribution >= 0.6 is 0 Å². The van der Waals surface area contributed by atoms with E-state index in [0.29, 0.717) is 0 Å². The third-order valence-corrected chi connectivity index (χ3v) is 3.62. The van der Waals surface area contributed by atoms with Crippen molar-refractivity contribution in [1.82, 2.24) is 5.32 Å². The van der Waals surface area contributed by atoms with Crippen LogP contribution in [0.15, 0.2) is 18.2 Å². The predicted molar refractivity (Wildman–Crippen MR) is 75.9 cm³/mol. The summed E-state index contributed by atoms with van der Waals surface area (Å²) in [5, 5.41) is 3.62. The normalized spacial score (nSPS) is 15.0. The number of hydrogen-bond donors (Lipinski definition) is 1. The number of methoxy groups -OCH3 is 1. The van der Waals surface area contributed by atoms with Gasteiger partial charge in [0, 0.05) is 26.3 Å². The van der Waals surface area contributed by atoms with Crippen molar-refractivity contribution in [3.8, 4) is 0 Å². The highest BCUT2D eigenvalue weighted by Crippen LogP contribution is 2.21. The first kappa shape index (κ1) is 13.6. The molecule has 1 aromatic carbocycles. The van der Waals surface area contributed by atoms with E-state index >= 15 is 0 Å². The van der Waals surface area contributed by atoms with Gasteiger partial charge in [0.2, 0.25) is 0 Å². The minimum Gasteiger partial charge on any atom is -0.385 e. The van der Waals surface area contributed by atoms with E-state index in [1.54, 1.807) is 7.11 Å². The van der Waals surface area contributed by atoms with Crippen molar-refractivity contribution in [2.45, 2.75) is 51.6 Å². The summed E-state index contributed by atoms with van der Waals surface area (Å²) in [6.45, 7) is 4.12. The van der Waals surface area contributed by atoms with Crippen LogP contribution in [0.4, 0.5) is 0 Å². The topological polar surface area (TPSA) is 21.3 Å². The van der Waals surface area contributed by atoms with Crippen LogP contribution in [0.3, 0.4) is 0 Å². The van der Waals surface area contributed by atoms with Gasteiger partial charge in [0.05, 0.1) is 0 Å². The van der Waals surface area contributed by atoms with E-state index in [1.165, 1.54) is 29.5 Å². The zero-order chi connectivity index (χ0) is 12.8. The molecule has 2 rings (SSSR count). The maximum absolute atomic E-state index is 5.11. The molecule has 0 spiro atoms. The van der Waals surface area contributed by atoms with Crippen molar-refractivity contribution < 1.29 is 4.74 Å². The molecule has 0 unspecified atom stereocenters. The summed E-state index contributed by atoms with van der Waals surface area (Å²) in [4.78, 5) is 0. The quantitative estimate of drug-likeness (QED) is 0.713. The Balaban J connectivity index is 1.95. The maximum Gasteiger partial charge on any atom is 0.0465 e. The van der Waals surface area contributed by atoms with E-state index in [-0.39, 0.29) is 0 Å².